The van der Waals surface area contributed by atoms with E-state index in [9.17, 15) is 9.90 Å². The van der Waals surface area contributed by atoms with Gasteiger partial charge in [0.2, 0.25) is 0 Å². The molecule has 1 aromatic carbocycles. The minimum absolute atomic E-state index is 0.00695. The summed E-state index contributed by atoms with van der Waals surface area (Å²) in [7, 11) is 0. The molecule has 138 valence electrons. The number of rotatable bonds is 12. The summed E-state index contributed by atoms with van der Waals surface area (Å²) in [6.07, 6.45) is 15.2. The Hall–Kier alpha value is -1.77. The summed E-state index contributed by atoms with van der Waals surface area (Å²) in [5.74, 6) is 0.714. The number of fused-ring (bicyclic) bond motifs is 1. The number of hydrogen-bond donors (Lipinski definition) is 1. The van der Waals surface area contributed by atoms with Gasteiger partial charge >= 0.3 is 5.63 Å². The number of phenols is 1. The third kappa shape index (κ3) is 6.56. The molecular weight excluding hydrogens is 312 g/mol. The predicted octanol–water partition coefficient (Wildman–Crippen LogP) is 6.35. The first-order chi connectivity index (χ1) is 12.2. The molecule has 2 aromatic rings. The van der Waals surface area contributed by atoms with E-state index in [1.54, 1.807) is 6.07 Å². The summed E-state index contributed by atoms with van der Waals surface area (Å²) in [6, 6.07) is 6.99. The molecule has 0 spiro atoms. The predicted molar refractivity (Wildman–Crippen MR) is 104 cm³/mol. The second-order valence-electron chi connectivity index (χ2n) is 7.03. The van der Waals surface area contributed by atoms with Gasteiger partial charge in [0.25, 0.3) is 0 Å². The molecule has 0 radical (unpaired) electrons. The molecule has 3 heteroatoms. The van der Waals surface area contributed by atoms with Gasteiger partial charge in [-0.2, -0.15) is 0 Å². The Bertz CT molecular complexity index is 687. The topological polar surface area (TPSA) is 50.4 Å². The highest BCUT2D eigenvalue weighted by Gasteiger charge is 2.08. The zero-order valence-electron chi connectivity index (χ0n) is 15.6. The zero-order valence-corrected chi connectivity index (χ0v) is 15.6. The molecule has 1 aromatic heterocycles. The summed E-state index contributed by atoms with van der Waals surface area (Å²) in [6.45, 7) is 2.26. The number of aromatic hydroxyl groups is 1. The van der Waals surface area contributed by atoms with Crippen molar-refractivity contribution in [3.63, 3.8) is 0 Å². The van der Waals surface area contributed by atoms with Crippen LogP contribution in [0.5, 0.6) is 5.75 Å². The van der Waals surface area contributed by atoms with Gasteiger partial charge in [0.15, 0.2) is 0 Å². The van der Waals surface area contributed by atoms with Gasteiger partial charge in [-0.15, -0.1) is 0 Å². The van der Waals surface area contributed by atoms with Crippen molar-refractivity contribution in [1.82, 2.24) is 0 Å². The molecular formula is C22H32O3. The summed E-state index contributed by atoms with van der Waals surface area (Å²) in [5.41, 5.74) is -0.436. The van der Waals surface area contributed by atoms with Crippen molar-refractivity contribution < 1.29 is 9.52 Å². The number of aryl methyl sites for hydroxylation is 1. The van der Waals surface area contributed by atoms with Crippen LogP contribution in [0.1, 0.15) is 83.3 Å². The molecule has 0 aliphatic rings. The van der Waals surface area contributed by atoms with Crippen molar-refractivity contribution in [2.24, 2.45) is 0 Å². The highest BCUT2D eigenvalue weighted by atomic mass is 16.4. The lowest BCUT2D eigenvalue weighted by atomic mass is 10.0. The van der Waals surface area contributed by atoms with Gasteiger partial charge in [-0.3, -0.25) is 0 Å². The van der Waals surface area contributed by atoms with Crippen molar-refractivity contribution in [2.45, 2.75) is 84.0 Å². The number of benzene rings is 1. The fraction of sp³-hybridized carbons (Fsp3) is 0.591. The Morgan fingerprint density at radius 1 is 0.880 bits per heavy atom. The van der Waals surface area contributed by atoms with E-state index in [4.69, 9.17) is 4.42 Å². The van der Waals surface area contributed by atoms with E-state index < -0.39 is 5.63 Å². The Morgan fingerprint density at radius 3 is 2.12 bits per heavy atom. The van der Waals surface area contributed by atoms with Crippen LogP contribution in [0.2, 0.25) is 0 Å². The molecule has 1 N–H and O–H groups in total. The maximum atomic E-state index is 12.0. The Kier molecular flexibility index (Phi) is 8.58. The standard InChI is InChI=1S/C22H32O3/c1-2-3-4-5-6-7-8-9-10-11-12-15-19-17-18-14-13-16-20(23)21(18)22(24)25-19/h13-14,16-17,23H,2-12,15H2,1H3. The molecule has 0 amide bonds. The largest absolute Gasteiger partial charge is 0.507 e. The van der Waals surface area contributed by atoms with Gasteiger partial charge in [0, 0.05) is 6.42 Å². The van der Waals surface area contributed by atoms with Crippen LogP contribution in [-0.4, -0.2) is 5.11 Å². The van der Waals surface area contributed by atoms with E-state index in [1.165, 1.54) is 70.3 Å². The second kappa shape index (κ2) is 11.0. The van der Waals surface area contributed by atoms with Crippen LogP contribution in [0, 0.1) is 0 Å². The summed E-state index contributed by atoms with van der Waals surface area (Å²) >= 11 is 0. The molecule has 0 aliphatic carbocycles. The maximum absolute atomic E-state index is 12.0. The van der Waals surface area contributed by atoms with Crippen LogP contribution in [-0.2, 0) is 6.42 Å². The number of phenolic OH excluding ortho intramolecular Hbond substituents is 1. The van der Waals surface area contributed by atoms with Gasteiger partial charge in [-0.05, 0) is 23.9 Å². The normalized spacial score (nSPS) is 11.2. The molecule has 0 fully saturated rings. The van der Waals surface area contributed by atoms with E-state index in [1.807, 2.05) is 12.1 Å². The lowest BCUT2D eigenvalue weighted by Gasteiger charge is -2.04. The number of hydrogen-bond acceptors (Lipinski definition) is 3. The van der Waals surface area contributed by atoms with Crippen molar-refractivity contribution in [2.75, 3.05) is 0 Å². The average molecular weight is 344 g/mol. The molecule has 0 aliphatic heterocycles. The first-order valence-electron chi connectivity index (χ1n) is 9.97. The first-order valence-corrected chi connectivity index (χ1v) is 9.97. The van der Waals surface area contributed by atoms with Gasteiger partial charge in [0.1, 0.15) is 16.9 Å². The van der Waals surface area contributed by atoms with Crippen LogP contribution in [0.25, 0.3) is 10.8 Å². The van der Waals surface area contributed by atoms with Gasteiger partial charge in [-0.1, -0.05) is 83.3 Å². The highest BCUT2D eigenvalue weighted by molar-refractivity contribution is 5.86. The molecule has 3 nitrogen and oxygen atoms in total. The lowest BCUT2D eigenvalue weighted by molar-refractivity contribution is 0.446. The fourth-order valence-corrected chi connectivity index (χ4v) is 3.36. The van der Waals surface area contributed by atoms with Crippen molar-refractivity contribution in [3.8, 4) is 5.75 Å². The molecule has 0 saturated carbocycles. The van der Waals surface area contributed by atoms with Crippen molar-refractivity contribution in [1.29, 1.82) is 0 Å². The SMILES string of the molecule is CCCCCCCCCCCCCc1cc2cccc(O)c2c(=O)o1. The zero-order chi connectivity index (χ0) is 17.9. The van der Waals surface area contributed by atoms with Crippen LogP contribution in [0.3, 0.4) is 0 Å². The van der Waals surface area contributed by atoms with Crippen LogP contribution in [0.4, 0.5) is 0 Å². The smallest absolute Gasteiger partial charge is 0.347 e. The molecule has 0 bridgehead atoms. The van der Waals surface area contributed by atoms with E-state index in [0.717, 1.165) is 24.0 Å². The summed E-state index contributed by atoms with van der Waals surface area (Å²) in [5, 5.41) is 10.8. The Balaban J connectivity index is 1.63. The molecule has 0 atom stereocenters. The minimum Gasteiger partial charge on any atom is -0.507 e. The number of unbranched alkanes of at least 4 members (excludes halogenated alkanes) is 10. The maximum Gasteiger partial charge on any atom is 0.347 e. The monoisotopic (exact) mass is 344 g/mol. The van der Waals surface area contributed by atoms with Crippen LogP contribution >= 0.6 is 0 Å². The molecule has 1 heterocycles. The van der Waals surface area contributed by atoms with Gasteiger partial charge < -0.3 is 9.52 Å². The summed E-state index contributed by atoms with van der Waals surface area (Å²) in [4.78, 5) is 12.0. The molecule has 2 rings (SSSR count). The van der Waals surface area contributed by atoms with Crippen molar-refractivity contribution >= 4 is 10.8 Å². The van der Waals surface area contributed by atoms with E-state index in [0.29, 0.717) is 0 Å². The molecule has 0 saturated heterocycles. The van der Waals surface area contributed by atoms with E-state index in [2.05, 4.69) is 6.92 Å². The first kappa shape index (κ1) is 19.6. The van der Waals surface area contributed by atoms with Crippen LogP contribution in [0.15, 0.2) is 33.5 Å². The van der Waals surface area contributed by atoms with Gasteiger partial charge in [0.05, 0.1) is 0 Å². The van der Waals surface area contributed by atoms with E-state index in [-0.39, 0.29) is 11.1 Å². The molecule has 25 heavy (non-hydrogen) atoms. The lowest BCUT2D eigenvalue weighted by Crippen LogP contribution is -2.02. The van der Waals surface area contributed by atoms with E-state index >= 15 is 0 Å². The Morgan fingerprint density at radius 2 is 1.48 bits per heavy atom. The summed E-state index contributed by atoms with van der Waals surface area (Å²) < 4.78 is 5.35. The minimum atomic E-state index is -0.436. The average Bonchev–Trinajstić information content (AvgIpc) is 2.59. The third-order valence-electron chi connectivity index (χ3n) is 4.85. The van der Waals surface area contributed by atoms with Gasteiger partial charge in [-0.25, -0.2) is 4.79 Å². The van der Waals surface area contributed by atoms with Crippen LogP contribution < -0.4 is 5.63 Å². The highest BCUT2D eigenvalue weighted by Crippen LogP contribution is 2.22. The quantitative estimate of drug-likeness (QED) is 0.456. The third-order valence-corrected chi connectivity index (χ3v) is 4.85. The van der Waals surface area contributed by atoms with Crippen molar-refractivity contribution in [3.05, 3.63) is 40.4 Å². The second-order valence-corrected chi connectivity index (χ2v) is 7.03. The molecule has 0 unspecified atom stereocenters. The Labute approximate surface area is 151 Å². The fourth-order valence-electron chi connectivity index (χ4n) is 3.36.